The van der Waals surface area contributed by atoms with Gasteiger partial charge in [-0.15, -0.1) is 11.3 Å². The zero-order chi connectivity index (χ0) is 19.7. The minimum Gasteiger partial charge on any atom is -0.423 e. The maximum Gasteiger partial charge on any atom is 0.336 e. The summed E-state index contributed by atoms with van der Waals surface area (Å²) in [6, 6.07) is 9.26. The number of hydrogen-bond acceptors (Lipinski definition) is 6. The monoisotopic (exact) mass is 418 g/mol. The van der Waals surface area contributed by atoms with E-state index in [4.69, 9.17) is 4.42 Å². The van der Waals surface area contributed by atoms with E-state index >= 15 is 0 Å². The molecule has 9 heteroatoms. The van der Waals surface area contributed by atoms with E-state index in [1.54, 1.807) is 29.6 Å². The van der Waals surface area contributed by atoms with Crippen LogP contribution >= 0.6 is 11.3 Å². The Morgan fingerprint density at radius 3 is 2.64 bits per heavy atom. The fourth-order valence-electron chi connectivity index (χ4n) is 3.25. The SMILES string of the molecule is O=C(Nc1ccc2oc(=O)ccc2c1)c1sccc1S(=O)(=O)N1CCCCC1. The molecule has 1 aliphatic rings. The second kappa shape index (κ2) is 7.50. The molecule has 1 amide bonds. The topological polar surface area (TPSA) is 96.7 Å². The zero-order valence-corrected chi connectivity index (χ0v) is 16.5. The minimum atomic E-state index is -3.69. The Morgan fingerprint density at radius 1 is 1.07 bits per heavy atom. The van der Waals surface area contributed by atoms with Gasteiger partial charge in [-0.2, -0.15) is 4.31 Å². The van der Waals surface area contributed by atoms with Crippen molar-refractivity contribution in [2.45, 2.75) is 24.2 Å². The summed E-state index contributed by atoms with van der Waals surface area (Å²) in [5.41, 5.74) is 0.450. The number of nitrogens with one attached hydrogen (secondary N) is 1. The molecule has 146 valence electrons. The Labute approximate surface area is 165 Å². The maximum atomic E-state index is 12.9. The summed E-state index contributed by atoms with van der Waals surface area (Å²) >= 11 is 1.10. The zero-order valence-electron chi connectivity index (χ0n) is 14.9. The molecule has 1 aromatic carbocycles. The number of anilines is 1. The Morgan fingerprint density at radius 2 is 1.86 bits per heavy atom. The predicted octanol–water partition coefficient (Wildman–Crippen LogP) is 3.28. The lowest BCUT2D eigenvalue weighted by molar-refractivity contribution is 0.102. The van der Waals surface area contributed by atoms with E-state index in [0.717, 1.165) is 30.6 Å². The molecule has 0 saturated carbocycles. The number of piperidine rings is 1. The number of nitrogens with zero attached hydrogens (tertiary/aromatic N) is 1. The minimum absolute atomic E-state index is 0.0451. The normalized spacial score (nSPS) is 15.6. The Bertz CT molecular complexity index is 1190. The molecule has 3 aromatic rings. The standard InChI is InChI=1S/C19H18N2O5S2/c22-17-7-4-13-12-14(5-6-15(13)26-17)20-19(23)18-16(8-11-27-18)28(24,25)21-9-2-1-3-10-21/h4-8,11-12H,1-3,9-10H2,(H,20,23). The highest BCUT2D eigenvalue weighted by Gasteiger charge is 2.31. The van der Waals surface area contributed by atoms with Crippen LogP contribution in [0, 0.1) is 0 Å². The molecular formula is C19H18N2O5S2. The highest BCUT2D eigenvalue weighted by molar-refractivity contribution is 7.89. The summed E-state index contributed by atoms with van der Waals surface area (Å²) in [5, 5.41) is 5.00. The molecule has 1 saturated heterocycles. The first kappa shape index (κ1) is 18.9. The molecule has 1 fully saturated rings. The number of hydrogen-bond donors (Lipinski definition) is 1. The van der Waals surface area contributed by atoms with Gasteiger partial charge in [0.1, 0.15) is 15.4 Å². The smallest absolute Gasteiger partial charge is 0.336 e. The van der Waals surface area contributed by atoms with Crippen LogP contribution in [0.15, 0.2) is 55.9 Å². The van der Waals surface area contributed by atoms with Crippen molar-refractivity contribution in [3.05, 3.63) is 57.1 Å². The average Bonchev–Trinajstić information content (AvgIpc) is 3.20. The van der Waals surface area contributed by atoms with Crippen molar-refractivity contribution in [2.75, 3.05) is 18.4 Å². The number of amides is 1. The van der Waals surface area contributed by atoms with Crippen molar-refractivity contribution in [1.29, 1.82) is 0 Å². The van der Waals surface area contributed by atoms with Gasteiger partial charge in [0.25, 0.3) is 5.91 Å². The molecule has 7 nitrogen and oxygen atoms in total. The van der Waals surface area contributed by atoms with Crippen LogP contribution in [0.4, 0.5) is 5.69 Å². The predicted molar refractivity (Wildman–Crippen MR) is 107 cm³/mol. The van der Waals surface area contributed by atoms with Crippen LogP contribution in [0.1, 0.15) is 28.9 Å². The fraction of sp³-hybridized carbons (Fsp3) is 0.263. The average molecular weight is 418 g/mol. The van der Waals surface area contributed by atoms with Gasteiger partial charge in [-0.3, -0.25) is 4.79 Å². The van der Waals surface area contributed by atoms with Crippen molar-refractivity contribution in [1.82, 2.24) is 4.31 Å². The lowest BCUT2D eigenvalue weighted by atomic mass is 10.2. The van der Waals surface area contributed by atoms with E-state index in [9.17, 15) is 18.0 Å². The molecule has 0 bridgehead atoms. The number of rotatable bonds is 4. The number of benzene rings is 1. The molecule has 0 radical (unpaired) electrons. The van der Waals surface area contributed by atoms with Gasteiger partial charge in [-0.25, -0.2) is 13.2 Å². The number of sulfonamides is 1. The Balaban J connectivity index is 1.60. The van der Waals surface area contributed by atoms with Crippen molar-refractivity contribution in [3.63, 3.8) is 0 Å². The van der Waals surface area contributed by atoms with E-state index in [1.165, 1.54) is 16.4 Å². The number of carbonyl (C=O) groups excluding carboxylic acids is 1. The van der Waals surface area contributed by atoms with Crippen LogP contribution in [-0.2, 0) is 10.0 Å². The summed E-state index contributed by atoms with van der Waals surface area (Å²) in [4.78, 5) is 24.2. The van der Waals surface area contributed by atoms with E-state index in [0.29, 0.717) is 29.7 Å². The van der Waals surface area contributed by atoms with Crippen LogP contribution in [0.25, 0.3) is 11.0 Å². The van der Waals surface area contributed by atoms with Crippen molar-refractivity contribution in [2.24, 2.45) is 0 Å². The van der Waals surface area contributed by atoms with Gasteiger partial charge >= 0.3 is 5.63 Å². The van der Waals surface area contributed by atoms with E-state index in [1.807, 2.05) is 0 Å². The van der Waals surface area contributed by atoms with E-state index in [2.05, 4.69) is 5.32 Å². The van der Waals surface area contributed by atoms with Crippen LogP contribution in [-0.4, -0.2) is 31.7 Å². The summed E-state index contributed by atoms with van der Waals surface area (Å²) in [6.07, 6.45) is 2.68. The first-order valence-corrected chi connectivity index (χ1v) is 11.2. The number of carbonyl (C=O) groups is 1. The molecule has 1 aliphatic heterocycles. The summed E-state index contributed by atoms with van der Waals surface area (Å²) < 4.78 is 32.4. The Hall–Kier alpha value is -2.49. The summed E-state index contributed by atoms with van der Waals surface area (Å²) in [5.74, 6) is -0.484. The molecule has 1 N–H and O–H groups in total. The van der Waals surface area contributed by atoms with Gasteiger partial charge in [0.15, 0.2) is 0 Å². The molecule has 0 aliphatic carbocycles. The third kappa shape index (κ3) is 3.60. The largest absolute Gasteiger partial charge is 0.423 e. The lowest BCUT2D eigenvalue weighted by Gasteiger charge is -2.25. The van der Waals surface area contributed by atoms with Gasteiger partial charge in [0.2, 0.25) is 10.0 Å². The van der Waals surface area contributed by atoms with E-state index in [-0.39, 0.29) is 9.77 Å². The number of fused-ring (bicyclic) bond motifs is 1. The highest BCUT2D eigenvalue weighted by Crippen LogP contribution is 2.28. The van der Waals surface area contributed by atoms with Crippen LogP contribution in [0.2, 0.25) is 0 Å². The molecule has 2 aromatic heterocycles. The maximum absolute atomic E-state index is 12.9. The fourth-order valence-corrected chi connectivity index (χ4v) is 6.06. The van der Waals surface area contributed by atoms with Gasteiger partial charge in [-0.1, -0.05) is 6.42 Å². The van der Waals surface area contributed by atoms with E-state index < -0.39 is 21.6 Å². The quantitative estimate of drug-likeness (QED) is 0.656. The van der Waals surface area contributed by atoms with Gasteiger partial charge in [0.05, 0.1) is 0 Å². The van der Waals surface area contributed by atoms with Gasteiger partial charge < -0.3 is 9.73 Å². The third-order valence-corrected chi connectivity index (χ3v) is 7.63. The third-order valence-electron chi connectivity index (χ3n) is 4.65. The van der Waals surface area contributed by atoms with Gasteiger partial charge in [0, 0.05) is 30.2 Å². The van der Waals surface area contributed by atoms with Crippen molar-refractivity contribution < 1.29 is 17.6 Å². The first-order valence-electron chi connectivity index (χ1n) is 8.88. The van der Waals surface area contributed by atoms with Gasteiger partial charge in [-0.05, 0) is 48.6 Å². The molecular weight excluding hydrogens is 400 g/mol. The molecule has 0 atom stereocenters. The summed E-state index contributed by atoms with van der Waals surface area (Å²) in [7, 11) is -3.69. The van der Waals surface area contributed by atoms with Crippen LogP contribution in [0.3, 0.4) is 0 Å². The molecule has 3 heterocycles. The number of thiophene rings is 1. The molecule has 4 rings (SSSR count). The Kier molecular flexibility index (Phi) is 5.05. The lowest BCUT2D eigenvalue weighted by Crippen LogP contribution is -2.36. The summed E-state index contributed by atoms with van der Waals surface area (Å²) in [6.45, 7) is 0.963. The molecule has 0 spiro atoms. The van der Waals surface area contributed by atoms with Crippen molar-refractivity contribution in [3.8, 4) is 0 Å². The first-order chi connectivity index (χ1) is 13.4. The second-order valence-corrected chi connectivity index (χ2v) is 9.36. The van der Waals surface area contributed by atoms with Crippen LogP contribution < -0.4 is 10.9 Å². The molecule has 0 unspecified atom stereocenters. The highest BCUT2D eigenvalue weighted by atomic mass is 32.2. The van der Waals surface area contributed by atoms with Crippen molar-refractivity contribution >= 4 is 43.9 Å². The second-order valence-electron chi connectivity index (χ2n) is 6.54. The van der Waals surface area contributed by atoms with Crippen LogP contribution in [0.5, 0.6) is 0 Å². The molecule has 28 heavy (non-hydrogen) atoms.